The average molecular weight is 258 g/mol. The summed E-state index contributed by atoms with van der Waals surface area (Å²) < 4.78 is 5.70. The summed E-state index contributed by atoms with van der Waals surface area (Å²) in [5, 5.41) is 9.20. The number of hydrogen-bond donors (Lipinski definition) is 0. The van der Waals surface area contributed by atoms with Gasteiger partial charge in [0.05, 0.1) is 16.7 Å². The Hall–Kier alpha value is -1.98. The van der Waals surface area contributed by atoms with Crippen molar-refractivity contribution in [1.82, 2.24) is 0 Å². The third kappa shape index (κ3) is 2.64. The molecule has 2 nitrogen and oxygen atoms in total. The van der Waals surface area contributed by atoms with Gasteiger partial charge in [0.15, 0.2) is 0 Å². The van der Waals surface area contributed by atoms with Gasteiger partial charge in [-0.05, 0) is 55.3 Å². The number of rotatable bonds is 2. The van der Waals surface area contributed by atoms with E-state index in [0.29, 0.717) is 16.3 Å². The molecule has 0 aliphatic heterocycles. The number of halogens is 1. The first-order chi connectivity index (χ1) is 8.60. The first-order valence-corrected chi connectivity index (χ1v) is 5.92. The van der Waals surface area contributed by atoms with Crippen LogP contribution in [0.5, 0.6) is 11.5 Å². The van der Waals surface area contributed by atoms with Crippen molar-refractivity contribution >= 4 is 11.6 Å². The molecule has 0 atom stereocenters. The van der Waals surface area contributed by atoms with Crippen LogP contribution in [0.15, 0.2) is 36.4 Å². The molecular weight excluding hydrogens is 246 g/mol. The lowest BCUT2D eigenvalue weighted by Crippen LogP contribution is -1.88. The lowest BCUT2D eigenvalue weighted by Gasteiger charge is -2.09. The van der Waals surface area contributed by atoms with Crippen molar-refractivity contribution in [2.45, 2.75) is 13.8 Å². The number of hydrogen-bond acceptors (Lipinski definition) is 2. The zero-order valence-electron chi connectivity index (χ0n) is 10.2. The van der Waals surface area contributed by atoms with Crippen LogP contribution in [0.25, 0.3) is 0 Å². The predicted octanol–water partition coefficient (Wildman–Crippen LogP) is 4.62. The fourth-order valence-corrected chi connectivity index (χ4v) is 1.78. The predicted molar refractivity (Wildman–Crippen MR) is 72.2 cm³/mol. The minimum atomic E-state index is 0.437. The van der Waals surface area contributed by atoms with Gasteiger partial charge in [-0.25, -0.2) is 0 Å². The second kappa shape index (κ2) is 5.12. The van der Waals surface area contributed by atoms with E-state index >= 15 is 0 Å². The van der Waals surface area contributed by atoms with E-state index in [4.69, 9.17) is 21.6 Å². The van der Waals surface area contributed by atoms with E-state index in [1.54, 1.807) is 18.2 Å². The topological polar surface area (TPSA) is 33.0 Å². The minimum Gasteiger partial charge on any atom is -0.456 e. The molecule has 0 saturated carbocycles. The van der Waals surface area contributed by atoms with Gasteiger partial charge in [0.25, 0.3) is 0 Å². The van der Waals surface area contributed by atoms with Crippen LogP contribution < -0.4 is 4.74 Å². The second-order valence-corrected chi connectivity index (χ2v) is 4.51. The molecule has 0 N–H and O–H groups in total. The zero-order valence-corrected chi connectivity index (χ0v) is 11.0. The molecule has 0 saturated heterocycles. The van der Waals surface area contributed by atoms with Crippen molar-refractivity contribution in [2.75, 3.05) is 0 Å². The van der Waals surface area contributed by atoms with E-state index in [-0.39, 0.29) is 0 Å². The molecule has 0 radical (unpaired) electrons. The molecule has 18 heavy (non-hydrogen) atoms. The molecule has 2 rings (SSSR count). The van der Waals surface area contributed by atoms with Crippen molar-refractivity contribution in [2.24, 2.45) is 0 Å². The lowest BCUT2D eigenvalue weighted by atomic mass is 10.1. The maximum atomic E-state index is 8.76. The molecule has 0 fully saturated rings. The lowest BCUT2D eigenvalue weighted by molar-refractivity contribution is 0.482. The Kier molecular flexibility index (Phi) is 3.55. The highest BCUT2D eigenvalue weighted by Gasteiger charge is 2.05. The van der Waals surface area contributed by atoms with Crippen LogP contribution in [0.1, 0.15) is 16.7 Å². The van der Waals surface area contributed by atoms with Crippen molar-refractivity contribution in [3.63, 3.8) is 0 Å². The molecule has 0 heterocycles. The van der Waals surface area contributed by atoms with Crippen LogP contribution in [0.4, 0.5) is 0 Å². The summed E-state index contributed by atoms with van der Waals surface area (Å²) in [6.07, 6.45) is 0. The Labute approximate surface area is 111 Å². The van der Waals surface area contributed by atoms with Gasteiger partial charge in [-0.2, -0.15) is 5.26 Å². The zero-order chi connectivity index (χ0) is 13.1. The Morgan fingerprint density at radius 1 is 1.06 bits per heavy atom. The number of benzene rings is 2. The van der Waals surface area contributed by atoms with Gasteiger partial charge in [-0.15, -0.1) is 0 Å². The van der Waals surface area contributed by atoms with Gasteiger partial charge in [-0.3, -0.25) is 0 Å². The third-order valence-corrected chi connectivity index (χ3v) is 3.06. The quantitative estimate of drug-likeness (QED) is 0.786. The maximum Gasteiger partial charge on any atom is 0.146 e. The Morgan fingerprint density at radius 2 is 1.83 bits per heavy atom. The van der Waals surface area contributed by atoms with Crippen LogP contribution in [0.3, 0.4) is 0 Å². The highest BCUT2D eigenvalue weighted by Crippen LogP contribution is 2.30. The van der Waals surface area contributed by atoms with Crippen molar-refractivity contribution in [3.8, 4) is 17.6 Å². The van der Waals surface area contributed by atoms with Crippen molar-refractivity contribution in [1.29, 1.82) is 5.26 Å². The summed E-state index contributed by atoms with van der Waals surface area (Å²) in [6, 6.07) is 12.9. The van der Waals surface area contributed by atoms with Gasteiger partial charge in [0, 0.05) is 0 Å². The van der Waals surface area contributed by atoms with E-state index < -0.39 is 0 Å². The molecule has 2 aromatic rings. The summed E-state index contributed by atoms with van der Waals surface area (Å²) in [5.74, 6) is 1.30. The smallest absolute Gasteiger partial charge is 0.146 e. The van der Waals surface area contributed by atoms with Crippen molar-refractivity contribution in [3.05, 3.63) is 58.1 Å². The van der Waals surface area contributed by atoms with Crippen LogP contribution in [-0.4, -0.2) is 0 Å². The fraction of sp³-hybridized carbons (Fsp3) is 0.133. The van der Waals surface area contributed by atoms with E-state index in [9.17, 15) is 0 Å². The van der Waals surface area contributed by atoms with Crippen LogP contribution >= 0.6 is 11.6 Å². The highest BCUT2D eigenvalue weighted by atomic mass is 35.5. The molecule has 0 amide bonds. The molecule has 0 spiro atoms. The fourth-order valence-electron chi connectivity index (χ4n) is 1.56. The van der Waals surface area contributed by atoms with Gasteiger partial charge < -0.3 is 4.74 Å². The summed E-state index contributed by atoms with van der Waals surface area (Å²) >= 11 is 6.05. The minimum absolute atomic E-state index is 0.437. The van der Waals surface area contributed by atoms with E-state index in [1.807, 2.05) is 38.1 Å². The number of nitriles is 1. The first-order valence-electron chi connectivity index (χ1n) is 5.55. The van der Waals surface area contributed by atoms with E-state index in [2.05, 4.69) is 0 Å². The summed E-state index contributed by atoms with van der Waals surface area (Å²) in [6.45, 7) is 4.08. The summed E-state index contributed by atoms with van der Waals surface area (Å²) in [4.78, 5) is 0. The first kappa shape index (κ1) is 12.5. The molecule has 90 valence electrons. The second-order valence-electron chi connectivity index (χ2n) is 4.11. The van der Waals surface area contributed by atoms with Gasteiger partial charge in [0.2, 0.25) is 0 Å². The molecule has 0 aromatic heterocycles. The standard InChI is InChI=1S/C15H12ClNO/c1-10-3-5-13(7-11(10)2)18-15-6-4-12(9-17)8-14(15)16/h3-8H,1-2H3. The average Bonchev–Trinajstić information content (AvgIpc) is 2.36. The number of ether oxygens (including phenoxy) is 1. The van der Waals surface area contributed by atoms with Crippen LogP contribution in [0.2, 0.25) is 5.02 Å². The highest BCUT2D eigenvalue weighted by molar-refractivity contribution is 6.32. The van der Waals surface area contributed by atoms with Gasteiger partial charge >= 0.3 is 0 Å². The largest absolute Gasteiger partial charge is 0.456 e. The third-order valence-electron chi connectivity index (χ3n) is 2.77. The summed E-state index contributed by atoms with van der Waals surface area (Å²) in [5.41, 5.74) is 2.90. The van der Waals surface area contributed by atoms with Crippen LogP contribution in [0, 0.1) is 25.2 Å². The normalized spacial score (nSPS) is 9.89. The number of nitrogens with zero attached hydrogens (tertiary/aromatic N) is 1. The Bertz CT molecular complexity index is 629. The van der Waals surface area contributed by atoms with Gasteiger partial charge in [0.1, 0.15) is 11.5 Å². The molecule has 0 aliphatic rings. The van der Waals surface area contributed by atoms with E-state index in [0.717, 1.165) is 11.3 Å². The SMILES string of the molecule is Cc1ccc(Oc2ccc(C#N)cc2Cl)cc1C. The van der Waals surface area contributed by atoms with Gasteiger partial charge in [-0.1, -0.05) is 17.7 Å². The Morgan fingerprint density at radius 3 is 2.44 bits per heavy atom. The van der Waals surface area contributed by atoms with Crippen LogP contribution in [-0.2, 0) is 0 Å². The summed E-state index contributed by atoms with van der Waals surface area (Å²) in [7, 11) is 0. The molecule has 2 aromatic carbocycles. The molecule has 0 unspecified atom stereocenters. The number of aryl methyl sites for hydroxylation is 2. The maximum absolute atomic E-state index is 8.76. The Balaban J connectivity index is 2.29. The molecule has 3 heteroatoms. The molecular formula is C15H12ClNO. The molecule has 0 aliphatic carbocycles. The monoisotopic (exact) mass is 257 g/mol. The van der Waals surface area contributed by atoms with Crippen molar-refractivity contribution < 1.29 is 4.74 Å². The van der Waals surface area contributed by atoms with E-state index in [1.165, 1.54) is 5.56 Å². The molecule has 0 bridgehead atoms.